The Morgan fingerprint density at radius 3 is 2.57 bits per heavy atom. The minimum atomic E-state index is -0.0155. The molecule has 2 atom stereocenters. The number of methoxy groups -OCH3 is 1. The first-order valence-corrected chi connectivity index (χ1v) is 7.95. The Balaban J connectivity index is 1.67. The summed E-state index contributed by atoms with van der Waals surface area (Å²) in [5.74, 6) is 1.60. The molecule has 1 amide bonds. The number of amides is 1. The highest BCUT2D eigenvalue weighted by Gasteiger charge is 2.34. The lowest BCUT2D eigenvalue weighted by Gasteiger charge is -2.26. The van der Waals surface area contributed by atoms with E-state index in [0.717, 1.165) is 25.1 Å². The highest BCUT2D eigenvalue weighted by atomic mass is 16.5. The predicted octanol–water partition coefficient (Wildman–Crippen LogP) is 2.40. The maximum atomic E-state index is 12.4. The van der Waals surface area contributed by atoms with Gasteiger partial charge in [0.05, 0.1) is 19.2 Å². The van der Waals surface area contributed by atoms with Crippen LogP contribution in [0.4, 0.5) is 0 Å². The van der Waals surface area contributed by atoms with Crippen LogP contribution in [0.2, 0.25) is 0 Å². The molecule has 1 aromatic rings. The van der Waals surface area contributed by atoms with Gasteiger partial charge in [-0.05, 0) is 55.8 Å². The van der Waals surface area contributed by atoms with Gasteiger partial charge in [-0.3, -0.25) is 4.79 Å². The standard InChI is InChI=1S/C17H24N2O2/c1-21-14-9-7-13(8-10-14)16(12-5-6-12)19-17(20)15-4-2-3-11-18-15/h7-10,12,15-16,18H,2-6,11H2,1H3,(H,19,20). The van der Waals surface area contributed by atoms with E-state index in [0.29, 0.717) is 5.92 Å². The molecule has 1 saturated heterocycles. The molecule has 4 heteroatoms. The van der Waals surface area contributed by atoms with Crippen molar-refractivity contribution in [2.24, 2.45) is 5.92 Å². The van der Waals surface area contributed by atoms with Crippen LogP contribution in [-0.4, -0.2) is 25.6 Å². The zero-order valence-electron chi connectivity index (χ0n) is 12.6. The minimum absolute atomic E-state index is 0.0155. The number of benzene rings is 1. The first-order chi connectivity index (χ1) is 10.3. The quantitative estimate of drug-likeness (QED) is 0.875. The Kier molecular flexibility index (Phi) is 4.44. The van der Waals surface area contributed by atoms with Crippen molar-refractivity contribution in [1.29, 1.82) is 0 Å². The Morgan fingerprint density at radius 1 is 1.24 bits per heavy atom. The van der Waals surface area contributed by atoms with Crippen LogP contribution < -0.4 is 15.4 Å². The Hall–Kier alpha value is -1.55. The normalized spacial score (nSPS) is 23.4. The van der Waals surface area contributed by atoms with Crippen molar-refractivity contribution in [3.05, 3.63) is 29.8 Å². The van der Waals surface area contributed by atoms with Crippen molar-refractivity contribution in [2.45, 2.75) is 44.2 Å². The molecule has 2 N–H and O–H groups in total. The number of nitrogens with one attached hydrogen (secondary N) is 2. The largest absolute Gasteiger partial charge is 0.497 e. The Bertz CT molecular complexity index is 476. The summed E-state index contributed by atoms with van der Waals surface area (Å²) < 4.78 is 5.20. The lowest BCUT2D eigenvalue weighted by Crippen LogP contribution is -2.47. The highest BCUT2D eigenvalue weighted by Crippen LogP contribution is 2.41. The van der Waals surface area contributed by atoms with Gasteiger partial charge < -0.3 is 15.4 Å². The third kappa shape index (κ3) is 3.56. The van der Waals surface area contributed by atoms with Gasteiger partial charge in [0.25, 0.3) is 0 Å². The van der Waals surface area contributed by atoms with Gasteiger partial charge in [-0.2, -0.15) is 0 Å². The topological polar surface area (TPSA) is 50.4 Å². The molecule has 4 nitrogen and oxygen atoms in total. The Morgan fingerprint density at radius 2 is 2.00 bits per heavy atom. The zero-order valence-corrected chi connectivity index (χ0v) is 12.6. The fourth-order valence-corrected chi connectivity index (χ4v) is 3.04. The molecular weight excluding hydrogens is 264 g/mol. The summed E-state index contributed by atoms with van der Waals surface area (Å²) >= 11 is 0. The fraction of sp³-hybridized carbons (Fsp3) is 0.588. The molecule has 3 rings (SSSR count). The number of ether oxygens (including phenoxy) is 1. The monoisotopic (exact) mass is 288 g/mol. The number of rotatable bonds is 5. The van der Waals surface area contributed by atoms with Crippen LogP contribution in [0.3, 0.4) is 0 Å². The van der Waals surface area contributed by atoms with Crippen molar-refractivity contribution < 1.29 is 9.53 Å². The average molecular weight is 288 g/mol. The molecule has 114 valence electrons. The highest BCUT2D eigenvalue weighted by molar-refractivity contribution is 5.82. The van der Waals surface area contributed by atoms with Crippen molar-refractivity contribution in [3.8, 4) is 5.75 Å². The molecule has 1 heterocycles. The van der Waals surface area contributed by atoms with Crippen LogP contribution in [0.15, 0.2) is 24.3 Å². The number of piperidine rings is 1. The molecule has 1 aliphatic carbocycles. The van der Waals surface area contributed by atoms with Gasteiger partial charge >= 0.3 is 0 Å². The van der Waals surface area contributed by atoms with Gasteiger partial charge in [0, 0.05) is 0 Å². The molecular formula is C17H24N2O2. The van der Waals surface area contributed by atoms with Gasteiger partial charge in [-0.25, -0.2) is 0 Å². The van der Waals surface area contributed by atoms with E-state index in [4.69, 9.17) is 4.74 Å². The molecule has 0 aromatic heterocycles. The lowest BCUT2D eigenvalue weighted by atomic mass is 10.00. The number of hydrogen-bond acceptors (Lipinski definition) is 3. The van der Waals surface area contributed by atoms with Crippen molar-refractivity contribution in [2.75, 3.05) is 13.7 Å². The van der Waals surface area contributed by atoms with Crippen LogP contribution >= 0.6 is 0 Å². The van der Waals surface area contributed by atoms with Crippen molar-refractivity contribution in [3.63, 3.8) is 0 Å². The van der Waals surface area contributed by atoms with Crippen LogP contribution in [0.1, 0.15) is 43.7 Å². The van der Waals surface area contributed by atoms with Crippen LogP contribution in [-0.2, 0) is 4.79 Å². The summed E-state index contributed by atoms with van der Waals surface area (Å²) in [5, 5.41) is 6.58. The second-order valence-corrected chi connectivity index (χ2v) is 6.10. The predicted molar refractivity (Wildman–Crippen MR) is 82.2 cm³/mol. The maximum Gasteiger partial charge on any atom is 0.237 e. The summed E-state index contributed by atoms with van der Waals surface area (Å²) in [4.78, 5) is 12.4. The minimum Gasteiger partial charge on any atom is -0.497 e. The van der Waals surface area contributed by atoms with Crippen molar-refractivity contribution >= 4 is 5.91 Å². The summed E-state index contributed by atoms with van der Waals surface area (Å²) in [5.41, 5.74) is 1.18. The van der Waals surface area contributed by atoms with E-state index in [2.05, 4.69) is 22.8 Å². The molecule has 2 aliphatic rings. The lowest BCUT2D eigenvalue weighted by molar-refractivity contribution is -0.124. The van der Waals surface area contributed by atoms with Crippen LogP contribution in [0, 0.1) is 5.92 Å². The Labute approximate surface area is 126 Å². The molecule has 2 fully saturated rings. The number of carbonyl (C=O) groups is 1. The average Bonchev–Trinajstić information content (AvgIpc) is 3.38. The van der Waals surface area contributed by atoms with Gasteiger partial charge in [-0.1, -0.05) is 18.6 Å². The van der Waals surface area contributed by atoms with Gasteiger partial charge in [0.1, 0.15) is 5.75 Å². The molecule has 1 saturated carbocycles. The second kappa shape index (κ2) is 6.48. The maximum absolute atomic E-state index is 12.4. The van der Waals surface area contributed by atoms with Crippen molar-refractivity contribution in [1.82, 2.24) is 10.6 Å². The smallest absolute Gasteiger partial charge is 0.237 e. The fourth-order valence-electron chi connectivity index (χ4n) is 3.04. The number of carbonyl (C=O) groups excluding carboxylic acids is 1. The molecule has 0 radical (unpaired) electrons. The van der Waals surface area contributed by atoms with E-state index in [1.54, 1.807) is 7.11 Å². The third-order valence-corrected chi connectivity index (χ3v) is 4.49. The summed E-state index contributed by atoms with van der Waals surface area (Å²) in [6, 6.07) is 8.20. The molecule has 1 aliphatic heterocycles. The summed E-state index contributed by atoms with van der Waals surface area (Å²) in [7, 11) is 1.67. The van der Waals surface area contributed by atoms with Gasteiger partial charge in [0.2, 0.25) is 5.91 Å². The SMILES string of the molecule is COc1ccc(C(NC(=O)C2CCCCN2)C2CC2)cc1. The van der Waals surface area contributed by atoms with E-state index in [1.165, 1.54) is 24.8 Å². The van der Waals surface area contributed by atoms with Gasteiger partial charge in [0.15, 0.2) is 0 Å². The van der Waals surface area contributed by atoms with E-state index in [9.17, 15) is 4.79 Å². The molecule has 2 unspecified atom stereocenters. The summed E-state index contributed by atoms with van der Waals surface area (Å²) in [6.45, 7) is 0.953. The van der Waals surface area contributed by atoms with E-state index in [-0.39, 0.29) is 18.0 Å². The molecule has 21 heavy (non-hydrogen) atoms. The van der Waals surface area contributed by atoms with E-state index in [1.807, 2.05) is 12.1 Å². The first-order valence-electron chi connectivity index (χ1n) is 7.95. The zero-order chi connectivity index (χ0) is 14.7. The molecule has 0 bridgehead atoms. The summed E-state index contributed by atoms with van der Waals surface area (Å²) in [6.07, 6.45) is 5.67. The second-order valence-electron chi connectivity index (χ2n) is 6.10. The number of hydrogen-bond donors (Lipinski definition) is 2. The first kappa shape index (κ1) is 14.4. The third-order valence-electron chi connectivity index (χ3n) is 4.49. The van der Waals surface area contributed by atoms with Gasteiger partial charge in [-0.15, -0.1) is 0 Å². The molecule has 1 aromatic carbocycles. The molecule has 0 spiro atoms. The van der Waals surface area contributed by atoms with E-state index < -0.39 is 0 Å². The van der Waals surface area contributed by atoms with E-state index >= 15 is 0 Å². The van der Waals surface area contributed by atoms with Crippen LogP contribution in [0.5, 0.6) is 5.75 Å². The van der Waals surface area contributed by atoms with Crippen LogP contribution in [0.25, 0.3) is 0 Å².